The summed E-state index contributed by atoms with van der Waals surface area (Å²) in [5.74, 6) is -0.451. The minimum atomic E-state index is -4.74. The zero-order valence-corrected chi connectivity index (χ0v) is 21.9. The predicted octanol–water partition coefficient (Wildman–Crippen LogP) is 3.97. The molecule has 4 aromatic rings. The number of fused-ring (bicyclic) bond motifs is 1. The molecule has 17 heteroatoms. The highest BCUT2D eigenvalue weighted by Crippen LogP contribution is 2.30. The van der Waals surface area contributed by atoms with Crippen molar-refractivity contribution < 1.29 is 35.8 Å². The molecular weight excluding hydrogens is 576 g/mol. The fourth-order valence-electron chi connectivity index (χ4n) is 3.80. The number of methoxy groups -OCH3 is 1. The van der Waals surface area contributed by atoms with E-state index in [9.17, 15) is 35.9 Å². The summed E-state index contributed by atoms with van der Waals surface area (Å²) in [5, 5.41) is 5.52. The van der Waals surface area contributed by atoms with Crippen molar-refractivity contribution in [2.45, 2.75) is 38.6 Å². The van der Waals surface area contributed by atoms with Gasteiger partial charge in [0.25, 0.3) is 17.0 Å². The Balaban J connectivity index is 0.000000337. The van der Waals surface area contributed by atoms with Crippen LogP contribution in [-0.2, 0) is 17.5 Å². The second-order valence-electron chi connectivity index (χ2n) is 8.60. The van der Waals surface area contributed by atoms with E-state index in [4.69, 9.17) is 16.2 Å². The fourth-order valence-corrected chi connectivity index (χ4v) is 3.80. The number of nitrogens with one attached hydrogen (secondary N) is 1. The van der Waals surface area contributed by atoms with Crippen molar-refractivity contribution in [1.82, 2.24) is 24.7 Å². The lowest BCUT2D eigenvalue weighted by atomic mass is 10.1. The fraction of sp³-hybridized carbons (Fsp3) is 0.320. The quantitative estimate of drug-likeness (QED) is 0.190. The molecule has 0 bridgehead atoms. The van der Waals surface area contributed by atoms with Gasteiger partial charge in [-0.1, -0.05) is 0 Å². The largest absolute Gasteiger partial charge is 0.478 e. The van der Waals surface area contributed by atoms with Gasteiger partial charge in [0.15, 0.2) is 5.82 Å². The zero-order chi connectivity index (χ0) is 31.0. The highest BCUT2D eigenvalue weighted by Gasteiger charge is 2.36. The van der Waals surface area contributed by atoms with Crippen LogP contribution in [0.15, 0.2) is 46.4 Å². The number of rotatable bonds is 9. The van der Waals surface area contributed by atoms with Crippen LogP contribution in [0.1, 0.15) is 24.8 Å². The van der Waals surface area contributed by atoms with E-state index >= 15 is 0 Å². The molecule has 0 fully saturated rings. The van der Waals surface area contributed by atoms with Gasteiger partial charge in [0.2, 0.25) is 0 Å². The molecule has 0 radical (unpaired) electrons. The molecule has 0 aliphatic carbocycles. The van der Waals surface area contributed by atoms with Crippen LogP contribution in [0, 0.1) is 5.82 Å². The molecular formula is C25H25F6N7O4. The number of ether oxygens (including phenoxy) is 2. The highest BCUT2D eigenvalue weighted by molar-refractivity contribution is 5.86. The number of hydrogen-bond acceptors (Lipinski definition) is 9. The number of alkyl halides is 5. The number of unbranched alkanes of at least 4 members (excludes halogenated alkanes) is 2. The summed E-state index contributed by atoms with van der Waals surface area (Å²) in [6.45, 7) is -2.40. The Morgan fingerprint density at radius 2 is 1.83 bits per heavy atom. The van der Waals surface area contributed by atoms with Crippen molar-refractivity contribution in [2.75, 3.05) is 25.2 Å². The van der Waals surface area contributed by atoms with Crippen molar-refractivity contribution in [2.24, 2.45) is 0 Å². The summed E-state index contributed by atoms with van der Waals surface area (Å²) in [6, 6.07) is 4.40. The summed E-state index contributed by atoms with van der Waals surface area (Å²) in [7, 11) is 1.40. The first-order valence-corrected chi connectivity index (χ1v) is 12.1. The van der Waals surface area contributed by atoms with Crippen molar-refractivity contribution in [1.29, 1.82) is 0 Å². The Morgan fingerprint density at radius 1 is 1.10 bits per heavy atom. The minimum absolute atomic E-state index is 0.0307. The molecule has 0 atom stereocenters. The predicted molar refractivity (Wildman–Crippen MR) is 140 cm³/mol. The average Bonchev–Trinajstić information content (AvgIpc) is 2.91. The Kier molecular flexibility index (Phi) is 10.5. The van der Waals surface area contributed by atoms with E-state index < -0.39 is 35.4 Å². The molecule has 4 rings (SSSR count). The van der Waals surface area contributed by atoms with E-state index in [1.165, 1.54) is 30.0 Å². The van der Waals surface area contributed by atoms with E-state index in [1.54, 1.807) is 17.4 Å². The van der Waals surface area contributed by atoms with Crippen LogP contribution in [0.5, 0.6) is 5.88 Å². The van der Waals surface area contributed by atoms with Crippen LogP contribution in [0.4, 0.5) is 37.8 Å². The molecule has 11 nitrogen and oxygen atoms in total. The number of aryl methyl sites for hydroxylation is 1. The molecule has 1 aromatic carbocycles. The molecule has 0 aliphatic rings. The zero-order valence-electron chi connectivity index (χ0n) is 21.9. The van der Waals surface area contributed by atoms with Crippen LogP contribution in [0.2, 0.25) is 0 Å². The molecule has 0 saturated carbocycles. The van der Waals surface area contributed by atoms with Gasteiger partial charge in [-0.2, -0.15) is 27.1 Å². The van der Waals surface area contributed by atoms with Crippen LogP contribution in [-0.4, -0.2) is 45.1 Å². The Hall–Kier alpha value is -4.67. The average molecular weight is 602 g/mol. The van der Waals surface area contributed by atoms with Crippen molar-refractivity contribution in [3.05, 3.63) is 68.9 Å². The monoisotopic (exact) mass is 601 g/mol. The minimum Gasteiger partial charge on any atom is -0.478 e. The number of aromatic amines is 1. The van der Waals surface area contributed by atoms with Crippen LogP contribution in [0.25, 0.3) is 22.0 Å². The SMILES string of the molecule is COc1ncc(-c2cc3ccn(CCCCCOC(F)F)c(=O)c3cc2F)nc1N.Nc1cn[nH]c(=O)c1C(F)(F)F. The first-order chi connectivity index (χ1) is 19.8. The number of nitrogens with zero attached hydrogens (tertiary/aromatic N) is 4. The number of H-pyrrole nitrogens is 1. The topological polar surface area (TPSA) is 164 Å². The maximum Gasteiger partial charge on any atom is 0.423 e. The maximum atomic E-state index is 14.7. The number of anilines is 2. The van der Waals surface area contributed by atoms with Gasteiger partial charge in [0.1, 0.15) is 11.4 Å². The van der Waals surface area contributed by atoms with Gasteiger partial charge >= 0.3 is 12.8 Å². The van der Waals surface area contributed by atoms with E-state index in [-0.39, 0.29) is 40.5 Å². The van der Waals surface area contributed by atoms with Gasteiger partial charge in [-0.05, 0) is 42.8 Å². The van der Waals surface area contributed by atoms with Gasteiger partial charge in [-0.15, -0.1) is 0 Å². The van der Waals surface area contributed by atoms with Crippen LogP contribution >= 0.6 is 0 Å². The lowest BCUT2D eigenvalue weighted by Gasteiger charge is -2.10. The smallest absolute Gasteiger partial charge is 0.423 e. The van der Waals surface area contributed by atoms with Crippen LogP contribution in [0.3, 0.4) is 0 Å². The van der Waals surface area contributed by atoms with Gasteiger partial charge in [0.05, 0.1) is 42.9 Å². The first-order valence-electron chi connectivity index (χ1n) is 12.1. The maximum absolute atomic E-state index is 14.7. The number of aromatic nitrogens is 5. The van der Waals surface area contributed by atoms with E-state index in [0.717, 1.165) is 6.20 Å². The molecule has 226 valence electrons. The number of pyridine rings is 1. The van der Waals surface area contributed by atoms with E-state index in [0.29, 0.717) is 31.2 Å². The van der Waals surface area contributed by atoms with Crippen molar-refractivity contribution >= 4 is 22.3 Å². The van der Waals surface area contributed by atoms with Gasteiger partial charge in [0, 0.05) is 18.3 Å². The summed E-state index contributed by atoms with van der Waals surface area (Å²) in [5.41, 5.74) is 7.30. The Labute approximate surface area is 233 Å². The molecule has 0 saturated heterocycles. The molecule has 0 amide bonds. The van der Waals surface area contributed by atoms with E-state index in [1.807, 2.05) is 0 Å². The normalized spacial score (nSPS) is 11.4. The van der Waals surface area contributed by atoms with Gasteiger partial charge < -0.3 is 25.5 Å². The molecule has 0 unspecified atom stereocenters. The van der Waals surface area contributed by atoms with E-state index in [2.05, 4.69) is 19.8 Å². The number of halogens is 6. The third kappa shape index (κ3) is 7.96. The third-order valence-electron chi connectivity index (χ3n) is 5.75. The number of hydrogen-bond donors (Lipinski definition) is 3. The number of nitrogens with two attached hydrogens (primary N) is 2. The molecule has 5 N–H and O–H groups in total. The highest BCUT2D eigenvalue weighted by atomic mass is 19.4. The second kappa shape index (κ2) is 13.8. The molecule has 3 heterocycles. The van der Waals surface area contributed by atoms with Crippen molar-refractivity contribution in [3.63, 3.8) is 0 Å². The summed E-state index contributed by atoms with van der Waals surface area (Å²) >= 11 is 0. The lowest BCUT2D eigenvalue weighted by Crippen LogP contribution is -2.24. The summed E-state index contributed by atoms with van der Waals surface area (Å²) in [6.07, 6.45) is 0.678. The van der Waals surface area contributed by atoms with Gasteiger partial charge in [-0.3, -0.25) is 9.59 Å². The summed E-state index contributed by atoms with van der Waals surface area (Å²) in [4.78, 5) is 31.4. The van der Waals surface area contributed by atoms with Crippen molar-refractivity contribution in [3.8, 4) is 17.1 Å². The van der Waals surface area contributed by atoms with Crippen LogP contribution < -0.4 is 27.3 Å². The lowest BCUT2D eigenvalue weighted by molar-refractivity contribution is -0.138. The first kappa shape index (κ1) is 31.9. The Morgan fingerprint density at radius 3 is 2.43 bits per heavy atom. The number of benzene rings is 1. The molecule has 0 spiro atoms. The Bertz CT molecular complexity index is 1640. The third-order valence-corrected chi connectivity index (χ3v) is 5.75. The molecule has 3 aromatic heterocycles. The molecule has 42 heavy (non-hydrogen) atoms. The second-order valence-corrected chi connectivity index (χ2v) is 8.60. The molecule has 0 aliphatic heterocycles. The standard InChI is InChI=1S/C20H21F3N4O3.C5H4F3N3O/c1-29-18-17(24)26-16(11-25-18)14-9-12-5-7-27(19(28)13(12)10-15(14)21)6-3-2-4-8-30-20(22)23;6-5(7,8)3-2(9)1-10-11-4(3)12/h5,7,9-11,20H,2-4,6,8H2,1H3,(H2,24,26);1H,(H3,9,11,12). The van der Waals surface area contributed by atoms with Gasteiger partial charge in [-0.25, -0.2) is 19.5 Å². The number of nitrogen functional groups attached to an aromatic ring is 2. The summed E-state index contributed by atoms with van der Waals surface area (Å²) < 4.78 is 85.1.